The number of likely N-dealkylation sites (tertiary alicyclic amines) is 1. The van der Waals surface area contributed by atoms with Crippen LogP contribution >= 0.6 is 0 Å². The maximum Gasteiger partial charge on any atom is 0.341 e. The summed E-state index contributed by atoms with van der Waals surface area (Å²) in [7, 11) is 3.57. The van der Waals surface area contributed by atoms with Crippen molar-refractivity contribution in [2.45, 2.75) is 56.5 Å². The Kier molecular flexibility index (Phi) is 7.33. The second-order valence-electron chi connectivity index (χ2n) is 10.2. The summed E-state index contributed by atoms with van der Waals surface area (Å²) in [6.07, 6.45) is 6.53. The molecule has 0 atom stereocenters. The minimum atomic E-state index is -3.55. The van der Waals surface area contributed by atoms with E-state index in [1.54, 1.807) is 18.2 Å². The van der Waals surface area contributed by atoms with Crippen molar-refractivity contribution in [3.8, 4) is 5.75 Å². The fourth-order valence-corrected chi connectivity index (χ4v) is 5.31. The number of amides is 2. The van der Waals surface area contributed by atoms with Gasteiger partial charge in [-0.1, -0.05) is 12.8 Å². The molecule has 3 N–H and O–H groups in total. The topological polar surface area (TPSA) is 112 Å². The highest BCUT2D eigenvalue weighted by molar-refractivity contribution is 6.00. The lowest BCUT2D eigenvalue weighted by atomic mass is 10.0. The van der Waals surface area contributed by atoms with Crippen LogP contribution in [0, 0.1) is 0 Å². The largest absolute Gasteiger partial charge is 0.495 e. The molecule has 0 spiro atoms. The number of fused-ring (bicyclic) bond motifs is 1. The molecule has 2 amide bonds. The van der Waals surface area contributed by atoms with E-state index in [-0.39, 0.29) is 35.4 Å². The smallest absolute Gasteiger partial charge is 0.341 e. The third-order valence-electron chi connectivity index (χ3n) is 7.52. The zero-order chi connectivity index (χ0) is 26.9. The maximum absolute atomic E-state index is 14.6. The Balaban J connectivity index is 1.36. The molecular formula is C26H33F2N7O3. The lowest BCUT2D eigenvalue weighted by Crippen LogP contribution is -2.46. The highest BCUT2D eigenvalue weighted by atomic mass is 19.3. The monoisotopic (exact) mass is 529 g/mol. The van der Waals surface area contributed by atoms with E-state index in [1.807, 2.05) is 0 Å². The van der Waals surface area contributed by atoms with E-state index in [0.717, 1.165) is 51.6 Å². The summed E-state index contributed by atoms with van der Waals surface area (Å²) in [5.41, 5.74) is 1.13. The number of alkyl halides is 2. The van der Waals surface area contributed by atoms with Crippen molar-refractivity contribution in [2.24, 2.45) is 0 Å². The second-order valence-corrected chi connectivity index (χ2v) is 10.2. The normalized spacial score (nSPS) is 20.4. The number of methoxy groups -OCH3 is 1. The van der Waals surface area contributed by atoms with Gasteiger partial charge in [0.15, 0.2) is 5.82 Å². The number of aromatic nitrogens is 2. The van der Waals surface area contributed by atoms with Crippen molar-refractivity contribution in [2.75, 3.05) is 49.3 Å². The molecule has 1 aliphatic carbocycles. The van der Waals surface area contributed by atoms with Gasteiger partial charge >= 0.3 is 5.92 Å². The Bertz CT molecular complexity index is 1200. The Labute approximate surface area is 220 Å². The van der Waals surface area contributed by atoms with Gasteiger partial charge in [-0.2, -0.15) is 13.8 Å². The van der Waals surface area contributed by atoms with E-state index < -0.39 is 18.4 Å². The quantitative estimate of drug-likeness (QED) is 0.522. The van der Waals surface area contributed by atoms with Crippen LogP contribution in [0.5, 0.6) is 5.75 Å². The van der Waals surface area contributed by atoms with Crippen molar-refractivity contribution in [1.82, 2.24) is 20.2 Å². The molecule has 10 nitrogen and oxygen atoms in total. The fraction of sp³-hybridized carbons (Fsp3) is 0.538. The first-order valence-corrected chi connectivity index (χ1v) is 13.0. The summed E-state index contributed by atoms with van der Waals surface area (Å²) in [5.74, 6) is -4.26. The average Bonchev–Trinajstić information content (AvgIpc) is 3.41. The van der Waals surface area contributed by atoms with Crippen molar-refractivity contribution >= 4 is 35.0 Å². The minimum absolute atomic E-state index is 0.131. The summed E-state index contributed by atoms with van der Waals surface area (Å²) < 4.78 is 34.7. The van der Waals surface area contributed by atoms with Crippen molar-refractivity contribution in [3.63, 3.8) is 0 Å². The first-order chi connectivity index (χ1) is 18.2. The zero-order valence-electron chi connectivity index (χ0n) is 21.6. The molecule has 2 fully saturated rings. The van der Waals surface area contributed by atoms with Gasteiger partial charge in [0.25, 0.3) is 11.8 Å². The number of benzene rings is 1. The van der Waals surface area contributed by atoms with Crippen LogP contribution in [0.25, 0.3) is 0 Å². The van der Waals surface area contributed by atoms with Crippen LogP contribution in [-0.2, 0) is 4.79 Å². The lowest BCUT2D eigenvalue weighted by molar-refractivity contribution is -0.138. The van der Waals surface area contributed by atoms with Gasteiger partial charge in [-0.15, -0.1) is 0 Å². The van der Waals surface area contributed by atoms with Crippen LogP contribution < -0.4 is 25.6 Å². The van der Waals surface area contributed by atoms with Crippen LogP contribution in [0.1, 0.15) is 48.9 Å². The molecule has 3 aliphatic rings. The summed E-state index contributed by atoms with van der Waals surface area (Å²) in [5, 5.41) is 8.45. The van der Waals surface area contributed by atoms with Crippen molar-refractivity contribution < 1.29 is 23.1 Å². The van der Waals surface area contributed by atoms with Crippen molar-refractivity contribution in [3.05, 3.63) is 30.0 Å². The second kappa shape index (κ2) is 10.7. The molecule has 12 heteroatoms. The highest BCUT2D eigenvalue weighted by Crippen LogP contribution is 2.38. The molecule has 0 bridgehead atoms. The van der Waals surface area contributed by atoms with E-state index in [1.165, 1.54) is 18.2 Å². The SMILES string of the molecule is COc1cc(C(=O)NC2CCN(C)CC2)ccc1Nc1ncc2c(n1)N(C1CCCC1)CC(F)(F)C(=O)N2. The van der Waals surface area contributed by atoms with E-state index in [0.29, 0.717) is 17.0 Å². The fourth-order valence-electron chi connectivity index (χ4n) is 5.31. The Morgan fingerprint density at radius 1 is 1.18 bits per heavy atom. The number of nitrogens with zero attached hydrogens (tertiary/aromatic N) is 4. The predicted molar refractivity (Wildman–Crippen MR) is 139 cm³/mol. The van der Waals surface area contributed by atoms with Crippen LogP contribution in [0.2, 0.25) is 0 Å². The molecule has 38 heavy (non-hydrogen) atoms. The van der Waals surface area contributed by atoms with E-state index in [2.05, 4.69) is 37.9 Å². The van der Waals surface area contributed by atoms with Crippen LogP contribution in [-0.4, -0.2) is 78.5 Å². The van der Waals surface area contributed by atoms with Gasteiger partial charge in [0.2, 0.25) is 5.95 Å². The number of hydrogen-bond donors (Lipinski definition) is 3. The van der Waals surface area contributed by atoms with Gasteiger partial charge in [-0.05, 0) is 64.0 Å². The molecule has 1 aromatic heterocycles. The van der Waals surface area contributed by atoms with Crippen molar-refractivity contribution in [1.29, 1.82) is 0 Å². The lowest BCUT2D eigenvalue weighted by Gasteiger charge is -2.31. The number of rotatable bonds is 6. The Hall–Kier alpha value is -3.54. The van der Waals surface area contributed by atoms with Gasteiger partial charge < -0.3 is 30.5 Å². The molecule has 1 aromatic carbocycles. The van der Waals surface area contributed by atoms with Crippen LogP contribution in [0.15, 0.2) is 24.4 Å². The number of piperidine rings is 1. The number of nitrogens with one attached hydrogen (secondary N) is 3. The molecule has 2 aliphatic heterocycles. The molecule has 0 radical (unpaired) electrons. The number of ether oxygens (including phenoxy) is 1. The first kappa shape index (κ1) is 26.1. The molecule has 0 unspecified atom stereocenters. The van der Waals surface area contributed by atoms with Gasteiger partial charge in [-0.3, -0.25) is 9.59 Å². The number of hydrogen-bond acceptors (Lipinski definition) is 8. The Morgan fingerprint density at radius 2 is 1.92 bits per heavy atom. The number of anilines is 4. The molecule has 204 valence electrons. The predicted octanol–water partition coefficient (Wildman–Crippen LogP) is 3.39. The van der Waals surface area contributed by atoms with Crippen LogP contribution in [0.3, 0.4) is 0 Å². The van der Waals surface area contributed by atoms with Gasteiger partial charge in [0.05, 0.1) is 25.5 Å². The van der Waals surface area contributed by atoms with Crippen LogP contribution in [0.4, 0.5) is 31.9 Å². The minimum Gasteiger partial charge on any atom is -0.495 e. The van der Waals surface area contributed by atoms with E-state index in [4.69, 9.17) is 4.74 Å². The third-order valence-corrected chi connectivity index (χ3v) is 7.52. The highest BCUT2D eigenvalue weighted by Gasteiger charge is 2.46. The molecular weight excluding hydrogens is 496 g/mol. The standard InChI is InChI=1S/C26H33F2N7O3/c1-34-11-9-17(10-12-34)30-23(36)16-7-8-19(21(13-16)38-2)32-25-29-14-20-22(33-25)35(18-5-3-4-6-18)15-26(27,28)24(37)31-20/h7-8,13-14,17-18H,3-6,9-12,15H2,1-2H3,(H,30,36)(H,31,37)(H,29,32,33). The number of carbonyl (C=O) groups is 2. The maximum atomic E-state index is 14.6. The van der Waals surface area contributed by atoms with E-state index in [9.17, 15) is 18.4 Å². The van der Waals surface area contributed by atoms with E-state index >= 15 is 0 Å². The molecule has 5 rings (SSSR count). The summed E-state index contributed by atoms with van der Waals surface area (Å²) in [6, 6.07) is 5.02. The molecule has 2 aromatic rings. The van der Waals surface area contributed by atoms with Gasteiger partial charge in [0.1, 0.15) is 11.4 Å². The average molecular weight is 530 g/mol. The number of carbonyl (C=O) groups excluding carboxylic acids is 2. The van der Waals surface area contributed by atoms with Gasteiger partial charge in [-0.25, -0.2) is 4.98 Å². The Morgan fingerprint density at radius 3 is 2.63 bits per heavy atom. The first-order valence-electron chi connectivity index (χ1n) is 13.0. The molecule has 1 saturated carbocycles. The molecule has 3 heterocycles. The summed E-state index contributed by atoms with van der Waals surface area (Å²) >= 11 is 0. The zero-order valence-corrected chi connectivity index (χ0v) is 21.6. The van der Waals surface area contributed by atoms with Gasteiger partial charge in [0, 0.05) is 17.6 Å². The summed E-state index contributed by atoms with van der Waals surface area (Å²) in [4.78, 5) is 37.5. The number of halogens is 2. The third kappa shape index (κ3) is 5.50. The molecule has 1 saturated heterocycles. The summed E-state index contributed by atoms with van der Waals surface area (Å²) in [6.45, 7) is 1.15.